The van der Waals surface area contributed by atoms with Crippen LogP contribution >= 0.6 is 11.6 Å². The number of alkyl halides is 2. The second-order valence-electron chi connectivity index (χ2n) is 7.70. The highest BCUT2D eigenvalue weighted by atomic mass is 35.5. The van der Waals surface area contributed by atoms with Crippen molar-refractivity contribution in [3.8, 4) is 17.0 Å². The predicted octanol–water partition coefficient (Wildman–Crippen LogP) is 3.48. The van der Waals surface area contributed by atoms with Crippen molar-refractivity contribution in [3.63, 3.8) is 0 Å². The Bertz CT molecular complexity index is 1410. The summed E-state index contributed by atoms with van der Waals surface area (Å²) in [4.78, 5) is 16.0. The minimum atomic E-state index is -2.99. The molecule has 0 aliphatic carbocycles. The second kappa shape index (κ2) is 8.64. The molecule has 2 atom stereocenters. The average Bonchev–Trinajstić information content (AvgIpc) is 3.19. The number of rotatable bonds is 5. The number of para-hydroxylation sites is 1. The van der Waals surface area contributed by atoms with Crippen LogP contribution in [0.25, 0.3) is 16.9 Å². The van der Waals surface area contributed by atoms with Crippen molar-refractivity contribution < 1.29 is 23.4 Å². The molecule has 11 heteroatoms. The molecule has 1 aliphatic rings. The molecule has 4 N–H and O–H groups in total. The van der Waals surface area contributed by atoms with E-state index in [9.17, 15) is 18.7 Å². The molecule has 4 aromatic rings. The topological polar surface area (TPSA) is 115 Å². The average molecular weight is 486 g/mol. The van der Waals surface area contributed by atoms with E-state index in [0.29, 0.717) is 33.9 Å². The number of carbonyl (C=O) groups excluding carboxylic acids is 1. The van der Waals surface area contributed by atoms with Crippen LogP contribution in [0.4, 0.5) is 8.78 Å². The van der Waals surface area contributed by atoms with Gasteiger partial charge in [-0.05, 0) is 30.3 Å². The number of ether oxygens (including phenoxy) is 1. The van der Waals surface area contributed by atoms with Crippen molar-refractivity contribution in [1.29, 1.82) is 0 Å². The minimum Gasteiger partial charge on any atom is -0.434 e. The van der Waals surface area contributed by atoms with Gasteiger partial charge in [-0.1, -0.05) is 35.9 Å². The Hall–Kier alpha value is -3.60. The van der Waals surface area contributed by atoms with Crippen LogP contribution in [-0.4, -0.2) is 38.8 Å². The second-order valence-corrected chi connectivity index (χ2v) is 8.11. The molecule has 174 valence electrons. The lowest BCUT2D eigenvalue weighted by Crippen LogP contribution is -2.35. The van der Waals surface area contributed by atoms with E-state index in [1.807, 2.05) is 0 Å². The molecule has 0 saturated heterocycles. The number of amides is 1. The van der Waals surface area contributed by atoms with Crippen molar-refractivity contribution in [3.05, 3.63) is 82.1 Å². The van der Waals surface area contributed by atoms with Crippen LogP contribution in [0.5, 0.6) is 5.75 Å². The van der Waals surface area contributed by atoms with Gasteiger partial charge in [-0.15, -0.1) is 0 Å². The molecule has 1 amide bonds. The molecule has 0 bridgehead atoms. The van der Waals surface area contributed by atoms with E-state index < -0.39 is 24.7 Å². The number of nitrogens with two attached hydrogens (primary N) is 1. The van der Waals surface area contributed by atoms with Crippen LogP contribution in [0.3, 0.4) is 0 Å². The molecular weight excluding hydrogens is 468 g/mol. The molecule has 0 fully saturated rings. The number of hydrogen-bond donors (Lipinski definition) is 3. The Kier molecular flexibility index (Phi) is 5.64. The maximum atomic E-state index is 13.0. The van der Waals surface area contributed by atoms with Crippen molar-refractivity contribution in [2.24, 2.45) is 5.73 Å². The van der Waals surface area contributed by atoms with Crippen LogP contribution in [0.15, 0.2) is 54.6 Å². The highest BCUT2D eigenvalue weighted by molar-refractivity contribution is 6.34. The molecule has 0 spiro atoms. The third-order valence-corrected chi connectivity index (χ3v) is 5.93. The molecule has 34 heavy (non-hydrogen) atoms. The Balaban J connectivity index is 1.66. The van der Waals surface area contributed by atoms with E-state index in [1.54, 1.807) is 47.0 Å². The molecule has 2 aromatic carbocycles. The number of halogens is 3. The standard InChI is InChI=1S/C23H18ClF2N5O3/c24-14-9-11(5-6-12(14)22(27)33)15-7-8-18-29-20-16(32)10-28-19(21(20)31(18)30-15)13-3-1-2-4-17(13)34-23(25)26/h1-9,16,19,23,28,32H,10H2,(H2,27,33)/t16-,19+/m0/s1. The summed E-state index contributed by atoms with van der Waals surface area (Å²) in [7, 11) is 0. The van der Waals surface area contributed by atoms with E-state index in [1.165, 1.54) is 12.1 Å². The van der Waals surface area contributed by atoms with Crippen LogP contribution in [0, 0.1) is 0 Å². The number of aliphatic hydroxyl groups is 1. The summed E-state index contributed by atoms with van der Waals surface area (Å²) in [5.41, 5.74) is 8.47. The first-order valence-electron chi connectivity index (χ1n) is 10.3. The molecule has 0 saturated carbocycles. The van der Waals surface area contributed by atoms with Crippen LogP contribution in [-0.2, 0) is 0 Å². The van der Waals surface area contributed by atoms with E-state index in [2.05, 4.69) is 15.4 Å². The number of primary amides is 1. The van der Waals surface area contributed by atoms with Crippen molar-refractivity contribution in [2.75, 3.05) is 6.54 Å². The maximum absolute atomic E-state index is 13.0. The zero-order chi connectivity index (χ0) is 24.0. The molecule has 2 aromatic heterocycles. The Labute approximate surface area is 196 Å². The molecule has 5 rings (SSSR count). The summed E-state index contributed by atoms with van der Waals surface area (Å²) in [5.74, 6) is -0.631. The Morgan fingerprint density at radius 1 is 1.24 bits per heavy atom. The molecule has 3 heterocycles. The highest BCUT2D eigenvalue weighted by Gasteiger charge is 2.34. The number of carbonyl (C=O) groups is 1. The summed E-state index contributed by atoms with van der Waals surface area (Å²) in [5, 5.41) is 18.6. The quantitative estimate of drug-likeness (QED) is 0.399. The highest BCUT2D eigenvalue weighted by Crippen LogP contribution is 2.37. The number of fused-ring (bicyclic) bond motifs is 3. The lowest BCUT2D eigenvalue weighted by molar-refractivity contribution is -0.0507. The third kappa shape index (κ3) is 3.85. The third-order valence-electron chi connectivity index (χ3n) is 5.62. The Morgan fingerprint density at radius 3 is 2.76 bits per heavy atom. The fourth-order valence-corrected chi connectivity index (χ4v) is 4.39. The normalized spacial score (nSPS) is 17.7. The molecule has 1 aliphatic heterocycles. The number of benzene rings is 2. The molecular formula is C23H18ClF2N5O3. The first-order valence-corrected chi connectivity index (χ1v) is 10.7. The summed E-state index contributed by atoms with van der Waals surface area (Å²) in [6.07, 6.45) is -0.913. The van der Waals surface area contributed by atoms with E-state index in [-0.39, 0.29) is 22.9 Å². The van der Waals surface area contributed by atoms with Crippen LogP contribution in [0.2, 0.25) is 5.02 Å². The van der Waals surface area contributed by atoms with Crippen LogP contribution < -0.4 is 15.8 Å². The van der Waals surface area contributed by atoms with E-state index in [0.717, 1.165) is 0 Å². The number of aliphatic hydroxyl groups excluding tert-OH is 1. The van der Waals surface area contributed by atoms with Gasteiger partial charge in [0.1, 0.15) is 11.9 Å². The summed E-state index contributed by atoms with van der Waals surface area (Å²) in [6, 6.07) is 14.0. The zero-order valence-electron chi connectivity index (χ0n) is 17.5. The monoisotopic (exact) mass is 485 g/mol. The SMILES string of the molecule is NC(=O)c1ccc(-c2ccc3nc4c(n3n2)[C@@H](c2ccccc2OC(F)F)NC[C@@H]4O)cc1Cl. The van der Waals surface area contributed by atoms with Crippen molar-refractivity contribution in [1.82, 2.24) is 19.9 Å². The molecule has 0 radical (unpaired) electrons. The first kappa shape index (κ1) is 22.2. The molecule has 0 unspecified atom stereocenters. The summed E-state index contributed by atoms with van der Waals surface area (Å²) < 4.78 is 32.3. The van der Waals surface area contributed by atoms with Gasteiger partial charge in [0, 0.05) is 17.7 Å². The van der Waals surface area contributed by atoms with Gasteiger partial charge in [0.25, 0.3) is 0 Å². The summed E-state index contributed by atoms with van der Waals surface area (Å²) >= 11 is 6.20. The first-order chi connectivity index (χ1) is 16.3. The number of aromatic nitrogens is 3. The number of nitrogens with one attached hydrogen (secondary N) is 1. The Morgan fingerprint density at radius 2 is 2.03 bits per heavy atom. The fraction of sp³-hybridized carbons (Fsp3) is 0.174. The van der Waals surface area contributed by atoms with E-state index in [4.69, 9.17) is 22.1 Å². The van der Waals surface area contributed by atoms with Gasteiger partial charge < -0.3 is 20.9 Å². The van der Waals surface area contributed by atoms with Gasteiger partial charge in [0.05, 0.1) is 33.7 Å². The van der Waals surface area contributed by atoms with E-state index >= 15 is 0 Å². The summed E-state index contributed by atoms with van der Waals surface area (Å²) in [6.45, 7) is -2.82. The van der Waals surface area contributed by atoms with Gasteiger partial charge in [-0.2, -0.15) is 13.9 Å². The van der Waals surface area contributed by atoms with Gasteiger partial charge in [-0.25, -0.2) is 9.50 Å². The number of hydrogen-bond acceptors (Lipinski definition) is 6. The lowest BCUT2D eigenvalue weighted by Gasteiger charge is -2.28. The van der Waals surface area contributed by atoms with Crippen molar-refractivity contribution >= 4 is 23.2 Å². The van der Waals surface area contributed by atoms with Gasteiger partial charge in [0.15, 0.2) is 5.65 Å². The van der Waals surface area contributed by atoms with Gasteiger partial charge in [0.2, 0.25) is 5.91 Å². The fourth-order valence-electron chi connectivity index (χ4n) is 4.11. The molecule has 8 nitrogen and oxygen atoms in total. The minimum absolute atomic E-state index is 0.0114. The maximum Gasteiger partial charge on any atom is 0.387 e. The van der Waals surface area contributed by atoms with Crippen LogP contribution in [0.1, 0.15) is 39.5 Å². The zero-order valence-corrected chi connectivity index (χ0v) is 18.2. The number of nitrogens with zero attached hydrogens (tertiary/aromatic N) is 3. The van der Waals surface area contributed by atoms with Gasteiger partial charge in [-0.3, -0.25) is 4.79 Å². The van der Waals surface area contributed by atoms with Crippen molar-refractivity contribution in [2.45, 2.75) is 18.8 Å². The number of β-amino-alcohol motifs (C(OH)–C–C–N with tert-alkyl or cyclic N) is 1. The largest absolute Gasteiger partial charge is 0.434 e. The smallest absolute Gasteiger partial charge is 0.387 e. The predicted molar refractivity (Wildman–Crippen MR) is 120 cm³/mol. The van der Waals surface area contributed by atoms with Gasteiger partial charge >= 0.3 is 6.61 Å². The number of imidazole rings is 1. The lowest BCUT2D eigenvalue weighted by atomic mass is 9.96.